The molecule has 0 amide bonds. The maximum Gasteiger partial charge on any atom is 0.160 e. The zero-order valence-corrected chi connectivity index (χ0v) is 33.2. The Hall–Kier alpha value is -7.69. The first-order valence-corrected chi connectivity index (χ1v) is 20.7. The maximum atomic E-state index is 5.27. The molecule has 0 spiro atoms. The summed E-state index contributed by atoms with van der Waals surface area (Å²) in [6.45, 7) is 2.29. The molecule has 3 heterocycles. The second kappa shape index (κ2) is 14.9. The Kier molecular flexibility index (Phi) is 8.82. The van der Waals surface area contributed by atoms with Crippen molar-refractivity contribution in [2.45, 2.75) is 13.3 Å². The van der Waals surface area contributed by atoms with Crippen LogP contribution in [0.15, 0.2) is 206 Å². The number of benzene rings is 7. The minimum atomic E-state index is 0.490. The first-order chi connectivity index (χ1) is 29.7. The van der Waals surface area contributed by atoms with Gasteiger partial charge in [0.2, 0.25) is 0 Å². The van der Waals surface area contributed by atoms with Gasteiger partial charge in [0.15, 0.2) is 5.82 Å². The van der Waals surface area contributed by atoms with Crippen molar-refractivity contribution in [1.82, 2.24) is 19.5 Å². The number of aromatic nitrogens is 4. The first kappa shape index (κ1) is 35.5. The van der Waals surface area contributed by atoms with Gasteiger partial charge in [-0.25, -0.2) is 15.0 Å². The molecular formula is C56H40N4. The van der Waals surface area contributed by atoms with Gasteiger partial charge in [0.25, 0.3) is 0 Å². The fraction of sp³-hybridized carbons (Fsp3) is 0.0536. The van der Waals surface area contributed by atoms with Gasteiger partial charge in [-0.15, -0.1) is 0 Å². The molecule has 0 saturated heterocycles. The lowest BCUT2D eigenvalue weighted by molar-refractivity contribution is 0.758. The van der Waals surface area contributed by atoms with Crippen LogP contribution in [-0.2, 0) is 0 Å². The van der Waals surface area contributed by atoms with Crippen molar-refractivity contribution in [3.05, 3.63) is 212 Å². The van der Waals surface area contributed by atoms with Crippen LogP contribution in [0.2, 0.25) is 0 Å². The minimum Gasteiger partial charge on any atom is -0.308 e. The van der Waals surface area contributed by atoms with Gasteiger partial charge in [-0.1, -0.05) is 171 Å². The highest BCUT2D eigenvalue weighted by molar-refractivity contribution is 6.22. The molecule has 1 atom stereocenters. The van der Waals surface area contributed by atoms with E-state index in [2.05, 4.69) is 218 Å². The van der Waals surface area contributed by atoms with Gasteiger partial charge in [0, 0.05) is 44.1 Å². The zero-order valence-electron chi connectivity index (χ0n) is 33.2. The number of pyridine rings is 1. The van der Waals surface area contributed by atoms with Gasteiger partial charge < -0.3 is 4.57 Å². The van der Waals surface area contributed by atoms with Crippen molar-refractivity contribution in [3.63, 3.8) is 0 Å². The number of rotatable bonds is 7. The molecule has 3 aromatic heterocycles. The second-order valence-electron chi connectivity index (χ2n) is 15.6. The van der Waals surface area contributed by atoms with Crippen molar-refractivity contribution in [3.8, 4) is 62.0 Å². The largest absolute Gasteiger partial charge is 0.308 e. The maximum absolute atomic E-state index is 5.27. The average molecular weight is 769 g/mol. The molecule has 4 heteroatoms. The van der Waals surface area contributed by atoms with E-state index in [9.17, 15) is 0 Å². The van der Waals surface area contributed by atoms with E-state index in [0.29, 0.717) is 11.7 Å². The molecule has 0 bridgehead atoms. The van der Waals surface area contributed by atoms with Crippen LogP contribution in [0.25, 0.3) is 100 Å². The van der Waals surface area contributed by atoms with Crippen molar-refractivity contribution in [2.24, 2.45) is 5.92 Å². The number of para-hydroxylation sites is 2. The molecular weight excluding hydrogens is 729 g/mol. The summed E-state index contributed by atoms with van der Waals surface area (Å²) in [6, 6.07) is 66.5. The molecule has 0 aliphatic heterocycles. The molecule has 0 fully saturated rings. The third kappa shape index (κ3) is 6.30. The van der Waals surface area contributed by atoms with E-state index in [4.69, 9.17) is 15.0 Å². The lowest BCUT2D eigenvalue weighted by Crippen LogP contribution is -2.00. The molecule has 0 N–H and O–H groups in total. The van der Waals surface area contributed by atoms with Gasteiger partial charge in [0.05, 0.1) is 33.6 Å². The predicted octanol–water partition coefficient (Wildman–Crippen LogP) is 14.4. The van der Waals surface area contributed by atoms with Gasteiger partial charge in [0.1, 0.15) is 0 Å². The monoisotopic (exact) mass is 768 g/mol. The smallest absolute Gasteiger partial charge is 0.160 e. The molecule has 284 valence electrons. The van der Waals surface area contributed by atoms with Crippen LogP contribution in [-0.4, -0.2) is 19.5 Å². The highest BCUT2D eigenvalue weighted by Gasteiger charge is 2.21. The van der Waals surface area contributed by atoms with Crippen LogP contribution in [0.5, 0.6) is 0 Å². The number of nitrogens with zero attached hydrogens (tertiary/aromatic N) is 4. The van der Waals surface area contributed by atoms with Crippen LogP contribution < -0.4 is 0 Å². The van der Waals surface area contributed by atoms with Crippen molar-refractivity contribution in [1.29, 1.82) is 0 Å². The van der Waals surface area contributed by atoms with E-state index in [1.807, 2.05) is 0 Å². The third-order valence-corrected chi connectivity index (χ3v) is 11.9. The van der Waals surface area contributed by atoms with Crippen LogP contribution in [0, 0.1) is 5.92 Å². The van der Waals surface area contributed by atoms with Gasteiger partial charge >= 0.3 is 0 Å². The molecule has 11 rings (SSSR count). The number of fused-ring (bicyclic) bond motifs is 5. The van der Waals surface area contributed by atoms with Crippen LogP contribution in [0.1, 0.15) is 18.9 Å². The summed E-state index contributed by atoms with van der Waals surface area (Å²) in [4.78, 5) is 15.8. The topological polar surface area (TPSA) is 43.6 Å². The van der Waals surface area contributed by atoms with E-state index in [1.54, 1.807) is 0 Å². The van der Waals surface area contributed by atoms with Crippen LogP contribution in [0.3, 0.4) is 0 Å². The standard InChI is InChI=1S/C56H40N4/c1-37-14-8-9-19-46(37)40-26-30-42(31-27-40)51-36-50(41-28-24-39(25-29-41)38-15-4-2-5-16-38)58-56(59-51)44-32-34-45(35-33-44)60-52-23-13-11-21-48(52)53-54(43-17-6-3-7-18-43)57-49-22-12-10-20-47(49)55(53)60/h2-13,15-37H,14H2,1H3. The predicted molar refractivity (Wildman–Crippen MR) is 250 cm³/mol. The fourth-order valence-corrected chi connectivity index (χ4v) is 8.81. The van der Waals surface area contributed by atoms with E-state index < -0.39 is 0 Å². The van der Waals surface area contributed by atoms with Gasteiger partial charge in [-0.3, -0.25) is 0 Å². The molecule has 7 aromatic carbocycles. The molecule has 4 nitrogen and oxygen atoms in total. The molecule has 0 radical (unpaired) electrons. The van der Waals surface area contributed by atoms with Crippen LogP contribution in [0.4, 0.5) is 0 Å². The summed E-state index contributed by atoms with van der Waals surface area (Å²) in [6.07, 6.45) is 7.72. The molecule has 60 heavy (non-hydrogen) atoms. The Bertz CT molecular complexity index is 3250. The summed E-state index contributed by atoms with van der Waals surface area (Å²) in [5, 5.41) is 3.43. The Labute approximate surface area is 349 Å². The molecule has 0 saturated carbocycles. The Morgan fingerprint density at radius 2 is 1.03 bits per heavy atom. The average Bonchev–Trinajstić information content (AvgIpc) is 3.68. The summed E-state index contributed by atoms with van der Waals surface area (Å²) >= 11 is 0. The van der Waals surface area contributed by atoms with Gasteiger partial charge in [-0.2, -0.15) is 0 Å². The van der Waals surface area contributed by atoms with E-state index in [-0.39, 0.29) is 0 Å². The lowest BCUT2D eigenvalue weighted by atomic mass is 9.88. The Morgan fingerprint density at radius 1 is 0.483 bits per heavy atom. The molecule has 1 aliphatic rings. The van der Waals surface area contributed by atoms with E-state index >= 15 is 0 Å². The number of hydrogen-bond acceptors (Lipinski definition) is 3. The minimum absolute atomic E-state index is 0.490. The summed E-state index contributed by atoms with van der Waals surface area (Å²) in [5.74, 6) is 1.17. The molecule has 1 unspecified atom stereocenters. The van der Waals surface area contributed by atoms with Crippen molar-refractivity contribution in [2.75, 3.05) is 0 Å². The van der Waals surface area contributed by atoms with Crippen LogP contribution >= 0.6 is 0 Å². The fourth-order valence-electron chi connectivity index (χ4n) is 8.81. The summed E-state index contributed by atoms with van der Waals surface area (Å²) in [7, 11) is 0. The second-order valence-corrected chi connectivity index (χ2v) is 15.6. The summed E-state index contributed by atoms with van der Waals surface area (Å²) in [5.41, 5.74) is 16.2. The quantitative estimate of drug-likeness (QED) is 0.162. The Balaban J connectivity index is 1.04. The zero-order chi connectivity index (χ0) is 40.0. The molecule has 10 aromatic rings. The SMILES string of the molecule is CC1CC=CC=C1c1ccc(-c2cc(-c3ccc(-c4ccccc4)cc3)nc(-c3ccc(-n4c5ccccc5c5c(-c6ccccc6)nc6ccccc6c54)cc3)n2)cc1. The van der Waals surface area contributed by atoms with Crippen molar-refractivity contribution >= 4 is 38.3 Å². The van der Waals surface area contributed by atoms with Crippen molar-refractivity contribution < 1.29 is 0 Å². The highest BCUT2D eigenvalue weighted by atomic mass is 15.0. The van der Waals surface area contributed by atoms with Gasteiger partial charge in [-0.05, 0) is 77.1 Å². The molecule has 1 aliphatic carbocycles. The Morgan fingerprint density at radius 3 is 1.72 bits per heavy atom. The number of allylic oxidation sites excluding steroid dienone is 4. The van der Waals surface area contributed by atoms with E-state index in [1.165, 1.54) is 27.6 Å². The first-order valence-electron chi connectivity index (χ1n) is 20.7. The third-order valence-electron chi connectivity index (χ3n) is 11.9. The number of hydrogen-bond donors (Lipinski definition) is 0. The normalized spacial score (nSPS) is 13.9. The lowest BCUT2D eigenvalue weighted by Gasteiger charge is -2.18. The highest BCUT2D eigenvalue weighted by Crippen LogP contribution is 2.41. The summed E-state index contributed by atoms with van der Waals surface area (Å²) < 4.78 is 2.39. The van der Waals surface area contributed by atoms with E-state index in [0.717, 1.165) is 78.8 Å².